The number of allylic oxidation sites excluding steroid dienone is 2. The number of aryl methyl sites for hydroxylation is 2. The number of carbonyl (C=O) groups excluding carboxylic acids is 3. The Bertz CT molecular complexity index is 1020. The van der Waals surface area contributed by atoms with Gasteiger partial charge in [0.15, 0.2) is 0 Å². The summed E-state index contributed by atoms with van der Waals surface area (Å²) < 4.78 is 0. The van der Waals surface area contributed by atoms with E-state index < -0.39 is 0 Å². The van der Waals surface area contributed by atoms with Crippen LogP contribution in [0, 0.1) is 37.5 Å². The second-order valence-electron chi connectivity index (χ2n) is 8.28. The maximum Gasteiger partial charge on any atom is 0.255 e. The number of benzene rings is 2. The van der Waals surface area contributed by atoms with E-state index >= 15 is 0 Å². The zero-order valence-electron chi connectivity index (χ0n) is 16.4. The molecule has 5 nitrogen and oxygen atoms in total. The van der Waals surface area contributed by atoms with Gasteiger partial charge in [0.05, 0.1) is 17.5 Å². The van der Waals surface area contributed by atoms with Crippen molar-refractivity contribution in [2.24, 2.45) is 23.7 Å². The second-order valence-corrected chi connectivity index (χ2v) is 8.28. The summed E-state index contributed by atoms with van der Waals surface area (Å²) in [5.74, 6) is -0.488. The lowest BCUT2D eigenvalue weighted by Gasteiger charge is -2.17. The summed E-state index contributed by atoms with van der Waals surface area (Å²) in [5, 5.41) is 2.96. The van der Waals surface area contributed by atoms with E-state index in [1.807, 2.05) is 32.0 Å². The molecule has 0 radical (unpaired) electrons. The van der Waals surface area contributed by atoms with Crippen LogP contribution in [0.5, 0.6) is 0 Å². The van der Waals surface area contributed by atoms with Gasteiger partial charge in [-0.1, -0.05) is 30.4 Å². The fourth-order valence-corrected chi connectivity index (χ4v) is 5.12. The molecule has 0 spiro atoms. The monoisotopic (exact) mass is 386 g/mol. The number of imide groups is 1. The van der Waals surface area contributed by atoms with Gasteiger partial charge in [0.1, 0.15) is 0 Å². The quantitative estimate of drug-likeness (QED) is 0.643. The number of carbonyl (C=O) groups is 3. The van der Waals surface area contributed by atoms with Crippen LogP contribution in [0.4, 0.5) is 11.4 Å². The minimum Gasteiger partial charge on any atom is -0.322 e. The molecule has 2 aromatic carbocycles. The molecule has 2 aromatic rings. The smallest absolute Gasteiger partial charge is 0.255 e. The largest absolute Gasteiger partial charge is 0.322 e. The van der Waals surface area contributed by atoms with Crippen LogP contribution < -0.4 is 10.2 Å². The van der Waals surface area contributed by atoms with Crippen LogP contribution in [-0.2, 0) is 9.59 Å². The molecule has 2 fully saturated rings. The molecule has 1 N–H and O–H groups in total. The van der Waals surface area contributed by atoms with Crippen molar-refractivity contribution < 1.29 is 14.4 Å². The van der Waals surface area contributed by atoms with E-state index in [4.69, 9.17) is 0 Å². The highest BCUT2D eigenvalue weighted by atomic mass is 16.2. The Hall–Kier alpha value is -3.21. The fourth-order valence-electron chi connectivity index (χ4n) is 5.12. The van der Waals surface area contributed by atoms with Crippen molar-refractivity contribution in [3.05, 3.63) is 71.3 Å². The van der Waals surface area contributed by atoms with Gasteiger partial charge in [0, 0.05) is 11.3 Å². The molecule has 3 aliphatic rings. The zero-order valence-corrected chi connectivity index (χ0v) is 16.4. The van der Waals surface area contributed by atoms with Gasteiger partial charge < -0.3 is 5.32 Å². The highest BCUT2D eigenvalue weighted by molar-refractivity contribution is 6.23. The molecule has 29 heavy (non-hydrogen) atoms. The molecule has 3 amide bonds. The van der Waals surface area contributed by atoms with Crippen molar-refractivity contribution in [3.63, 3.8) is 0 Å². The first-order chi connectivity index (χ1) is 14.0. The summed E-state index contributed by atoms with van der Waals surface area (Å²) >= 11 is 0. The average Bonchev–Trinajstić information content (AvgIpc) is 3.39. The molecule has 5 heteroatoms. The maximum atomic E-state index is 12.9. The van der Waals surface area contributed by atoms with Gasteiger partial charge in [-0.25, -0.2) is 0 Å². The molecule has 1 saturated carbocycles. The van der Waals surface area contributed by atoms with Crippen molar-refractivity contribution >= 4 is 29.1 Å². The molecule has 1 heterocycles. The lowest BCUT2D eigenvalue weighted by molar-refractivity contribution is -0.123. The summed E-state index contributed by atoms with van der Waals surface area (Å²) in [6.45, 7) is 3.91. The third-order valence-corrected chi connectivity index (χ3v) is 6.58. The number of hydrogen-bond acceptors (Lipinski definition) is 3. The number of anilines is 2. The second kappa shape index (κ2) is 6.41. The van der Waals surface area contributed by atoms with Crippen molar-refractivity contribution in [2.45, 2.75) is 20.3 Å². The van der Waals surface area contributed by atoms with E-state index in [0.717, 1.165) is 23.2 Å². The van der Waals surface area contributed by atoms with Gasteiger partial charge >= 0.3 is 0 Å². The molecular formula is C24H22N2O3. The van der Waals surface area contributed by atoms with E-state index in [-0.39, 0.29) is 41.4 Å². The van der Waals surface area contributed by atoms with Crippen molar-refractivity contribution in [1.29, 1.82) is 0 Å². The third kappa shape index (κ3) is 2.64. The lowest BCUT2D eigenvalue weighted by atomic mass is 9.85. The number of hydrogen-bond donors (Lipinski definition) is 1. The summed E-state index contributed by atoms with van der Waals surface area (Å²) in [5.41, 5.74) is 3.83. The Labute approximate surface area is 169 Å². The molecule has 5 rings (SSSR count). The van der Waals surface area contributed by atoms with Crippen molar-refractivity contribution in [2.75, 3.05) is 10.2 Å². The van der Waals surface area contributed by atoms with Crippen LogP contribution in [0.15, 0.2) is 54.6 Å². The topological polar surface area (TPSA) is 66.5 Å². The first-order valence-electron chi connectivity index (χ1n) is 9.99. The minimum absolute atomic E-state index is 0.107. The van der Waals surface area contributed by atoms with Crippen LogP contribution in [0.2, 0.25) is 0 Å². The number of nitrogens with one attached hydrogen (secondary N) is 1. The van der Waals surface area contributed by atoms with Crippen LogP contribution in [-0.4, -0.2) is 17.7 Å². The Balaban J connectivity index is 1.36. The summed E-state index contributed by atoms with van der Waals surface area (Å²) in [4.78, 5) is 39.8. The first kappa shape index (κ1) is 17.9. The minimum atomic E-state index is -0.218. The van der Waals surface area contributed by atoms with Gasteiger partial charge in [0.2, 0.25) is 11.8 Å². The first-order valence-corrected chi connectivity index (χ1v) is 9.99. The summed E-state index contributed by atoms with van der Waals surface area (Å²) in [6, 6.07) is 12.6. The molecule has 0 unspecified atom stereocenters. The van der Waals surface area contributed by atoms with E-state index in [1.165, 1.54) is 4.90 Å². The van der Waals surface area contributed by atoms with E-state index in [9.17, 15) is 14.4 Å². The van der Waals surface area contributed by atoms with Gasteiger partial charge in [-0.15, -0.1) is 0 Å². The van der Waals surface area contributed by atoms with E-state index in [2.05, 4.69) is 17.5 Å². The molecule has 1 saturated heterocycles. The van der Waals surface area contributed by atoms with Crippen LogP contribution in [0.1, 0.15) is 27.9 Å². The Kier molecular flexibility index (Phi) is 3.95. The van der Waals surface area contributed by atoms with Crippen molar-refractivity contribution in [1.82, 2.24) is 0 Å². The molecule has 2 aliphatic carbocycles. The van der Waals surface area contributed by atoms with E-state index in [1.54, 1.807) is 24.3 Å². The molecule has 2 bridgehead atoms. The lowest BCUT2D eigenvalue weighted by Crippen LogP contribution is -2.32. The Morgan fingerprint density at radius 1 is 0.897 bits per heavy atom. The SMILES string of the molecule is Cc1cccc(C)c1NC(=O)c1ccc(N2C(=O)[C@@H]3[C@H](C2=O)[C@@H]2C=C[C@H]3C2)cc1. The molecule has 0 aromatic heterocycles. The number of nitrogens with zero attached hydrogens (tertiary/aromatic N) is 1. The fraction of sp³-hybridized carbons (Fsp3) is 0.292. The van der Waals surface area contributed by atoms with Gasteiger partial charge in [0.25, 0.3) is 5.91 Å². The number of para-hydroxylation sites is 1. The highest BCUT2D eigenvalue weighted by Gasteiger charge is 2.59. The Morgan fingerprint density at radius 2 is 1.45 bits per heavy atom. The zero-order chi connectivity index (χ0) is 20.3. The highest BCUT2D eigenvalue weighted by Crippen LogP contribution is 2.53. The normalized spacial score (nSPS) is 26.9. The predicted molar refractivity (Wildman–Crippen MR) is 111 cm³/mol. The molecule has 4 atom stereocenters. The molecule has 1 aliphatic heterocycles. The van der Waals surface area contributed by atoms with Crippen LogP contribution >= 0.6 is 0 Å². The third-order valence-electron chi connectivity index (χ3n) is 6.58. The average molecular weight is 386 g/mol. The molecule has 146 valence electrons. The van der Waals surface area contributed by atoms with Gasteiger partial charge in [-0.3, -0.25) is 19.3 Å². The number of rotatable bonds is 3. The summed E-state index contributed by atoms with van der Waals surface area (Å²) in [7, 11) is 0. The van der Waals surface area contributed by atoms with Gasteiger partial charge in [-0.05, 0) is 67.5 Å². The van der Waals surface area contributed by atoms with Gasteiger partial charge in [-0.2, -0.15) is 0 Å². The van der Waals surface area contributed by atoms with Crippen LogP contribution in [0.3, 0.4) is 0 Å². The predicted octanol–water partition coefficient (Wildman–Crippen LogP) is 3.87. The van der Waals surface area contributed by atoms with Crippen molar-refractivity contribution in [3.8, 4) is 0 Å². The number of amides is 3. The van der Waals surface area contributed by atoms with Crippen LogP contribution in [0.25, 0.3) is 0 Å². The number of fused-ring (bicyclic) bond motifs is 5. The molecular weight excluding hydrogens is 364 g/mol. The van der Waals surface area contributed by atoms with E-state index in [0.29, 0.717) is 11.3 Å². The summed E-state index contributed by atoms with van der Waals surface area (Å²) in [6.07, 6.45) is 5.08. The Morgan fingerprint density at radius 3 is 2.00 bits per heavy atom. The maximum absolute atomic E-state index is 12.9. The standard InChI is InChI=1S/C24H22N2O3/c1-13-4-3-5-14(2)21(13)25-22(27)15-8-10-18(11-9-15)26-23(28)19-16-6-7-17(12-16)20(19)24(26)29/h3-11,16-17,19-20H,12H2,1-2H3,(H,25,27)/t16-,17+,19-,20+.